The van der Waals surface area contributed by atoms with Crippen molar-refractivity contribution in [1.82, 2.24) is 10.6 Å². The van der Waals surface area contributed by atoms with E-state index in [-0.39, 0.29) is 18.0 Å². The molecule has 0 spiro atoms. The van der Waals surface area contributed by atoms with E-state index in [0.29, 0.717) is 12.6 Å². The van der Waals surface area contributed by atoms with Crippen LogP contribution in [-0.4, -0.2) is 30.7 Å². The van der Waals surface area contributed by atoms with E-state index < -0.39 is 0 Å². The number of ether oxygens (including phenoxy) is 1. The van der Waals surface area contributed by atoms with Crippen molar-refractivity contribution in [2.45, 2.75) is 31.8 Å². The van der Waals surface area contributed by atoms with Gasteiger partial charge in [0.2, 0.25) is 5.91 Å². The number of alkyl carbamates (subject to hydrolysis) is 1. The largest absolute Gasteiger partial charge is 0.447 e. The summed E-state index contributed by atoms with van der Waals surface area (Å²) >= 11 is 0. The molecule has 2 aliphatic rings. The summed E-state index contributed by atoms with van der Waals surface area (Å²) in [7, 11) is 0. The van der Waals surface area contributed by atoms with Crippen molar-refractivity contribution in [3.63, 3.8) is 0 Å². The molecule has 2 N–H and O–H groups in total. The van der Waals surface area contributed by atoms with Crippen LogP contribution in [0.15, 0.2) is 12.7 Å². The van der Waals surface area contributed by atoms with Crippen molar-refractivity contribution < 1.29 is 14.3 Å². The monoisotopic (exact) mass is 212 g/mol. The van der Waals surface area contributed by atoms with E-state index in [9.17, 15) is 9.59 Å². The summed E-state index contributed by atoms with van der Waals surface area (Å²) in [6, 6.07) is 0.590. The van der Waals surface area contributed by atoms with Crippen LogP contribution in [-0.2, 0) is 9.53 Å². The zero-order valence-corrected chi connectivity index (χ0v) is 8.79. The maximum atomic E-state index is 10.4. The van der Waals surface area contributed by atoms with Gasteiger partial charge in [0.1, 0.15) is 6.61 Å². The molecule has 0 aliphatic carbocycles. The van der Waals surface area contributed by atoms with Crippen LogP contribution in [0.25, 0.3) is 0 Å². The highest BCUT2D eigenvalue weighted by Gasteiger charge is 2.20. The van der Waals surface area contributed by atoms with Crippen molar-refractivity contribution in [3.05, 3.63) is 12.7 Å². The van der Waals surface area contributed by atoms with E-state index in [4.69, 9.17) is 0 Å². The molecule has 84 valence electrons. The number of hydrogen-bond acceptors (Lipinski definition) is 3. The molecule has 0 radical (unpaired) electrons. The van der Waals surface area contributed by atoms with Gasteiger partial charge < -0.3 is 15.4 Å². The number of cyclic esters (lactones) is 1. The molecule has 5 heteroatoms. The maximum Gasteiger partial charge on any atom is 0.407 e. The molecule has 0 saturated carbocycles. The Kier molecular flexibility index (Phi) is 4.15. The first-order chi connectivity index (χ1) is 7.11. The van der Waals surface area contributed by atoms with Crippen LogP contribution in [0.3, 0.4) is 0 Å². The summed E-state index contributed by atoms with van der Waals surface area (Å²) in [5.74, 6) is 0.183. The minimum Gasteiger partial charge on any atom is -0.447 e. The van der Waals surface area contributed by atoms with Gasteiger partial charge in [-0.15, -0.1) is 6.58 Å². The summed E-state index contributed by atoms with van der Waals surface area (Å²) in [6.07, 6.45) is 2.95. The van der Waals surface area contributed by atoms with Crippen molar-refractivity contribution in [3.8, 4) is 0 Å². The van der Waals surface area contributed by atoms with Crippen LogP contribution in [0, 0.1) is 0 Å². The Bertz CT molecular complexity index is 257. The predicted molar refractivity (Wildman–Crippen MR) is 55.3 cm³/mol. The Labute approximate surface area is 88.9 Å². The first-order valence-electron chi connectivity index (χ1n) is 4.95. The van der Waals surface area contributed by atoms with Crippen LogP contribution >= 0.6 is 0 Å². The Morgan fingerprint density at radius 2 is 2.20 bits per heavy atom. The summed E-state index contributed by atoms with van der Waals surface area (Å²) in [6.45, 7) is 6.01. The first-order valence-corrected chi connectivity index (χ1v) is 4.95. The molecule has 2 fully saturated rings. The molecule has 2 amide bonds. The fraction of sp³-hybridized carbons (Fsp3) is 0.600. The topological polar surface area (TPSA) is 67.4 Å². The van der Waals surface area contributed by atoms with Gasteiger partial charge in [-0.1, -0.05) is 6.08 Å². The number of rotatable bonds is 2. The number of β-lactam (4-membered cyclic amide) rings is 1. The fourth-order valence-electron chi connectivity index (χ4n) is 1.29. The Morgan fingerprint density at radius 1 is 1.53 bits per heavy atom. The van der Waals surface area contributed by atoms with Gasteiger partial charge in [0.25, 0.3) is 0 Å². The average Bonchev–Trinajstić information content (AvgIpc) is 2.51. The molecular weight excluding hydrogens is 196 g/mol. The molecule has 15 heavy (non-hydrogen) atoms. The third kappa shape index (κ3) is 4.01. The molecule has 2 saturated heterocycles. The van der Waals surface area contributed by atoms with Gasteiger partial charge in [-0.2, -0.15) is 0 Å². The molecule has 0 aromatic rings. The van der Waals surface area contributed by atoms with Crippen LogP contribution in [0.1, 0.15) is 19.8 Å². The van der Waals surface area contributed by atoms with Gasteiger partial charge in [-0.3, -0.25) is 4.79 Å². The second-order valence-corrected chi connectivity index (χ2v) is 3.64. The summed E-state index contributed by atoms with van der Waals surface area (Å²) in [5.41, 5.74) is 0. The SMILES string of the molecule is C=CC[C@H]1COC(=O)N1.C[C@@H]1CC(=O)N1. The molecule has 0 bridgehead atoms. The zero-order chi connectivity index (χ0) is 11.3. The zero-order valence-electron chi connectivity index (χ0n) is 8.79. The minimum absolute atomic E-state index is 0.148. The summed E-state index contributed by atoms with van der Waals surface area (Å²) < 4.78 is 4.62. The second kappa shape index (κ2) is 5.38. The first kappa shape index (κ1) is 11.6. The summed E-state index contributed by atoms with van der Waals surface area (Å²) in [4.78, 5) is 20.4. The minimum atomic E-state index is -0.318. The van der Waals surface area contributed by atoms with Crippen LogP contribution in [0.4, 0.5) is 4.79 Å². The van der Waals surface area contributed by atoms with E-state index >= 15 is 0 Å². The molecule has 2 heterocycles. The van der Waals surface area contributed by atoms with E-state index in [1.54, 1.807) is 6.08 Å². The molecule has 2 rings (SSSR count). The molecule has 2 aliphatic heterocycles. The Hall–Kier alpha value is -1.52. The lowest BCUT2D eigenvalue weighted by atomic mass is 10.1. The lowest BCUT2D eigenvalue weighted by Crippen LogP contribution is -2.46. The van der Waals surface area contributed by atoms with Gasteiger partial charge in [0, 0.05) is 12.5 Å². The number of carbonyl (C=O) groups is 2. The van der Waals surface area contributed by atoms with Crippen LogP contribution < -0.4 is 10.6 Å². The highest BCUT2D eigenvalue weighted by atomic mass is 16.6. The lowest BCUT2D eigenvalue weighted by Gasteiger charge is -2.21. The number of carbonyl (C=O) groups excluding carboxylic acids is 2. The second-order valence-electron chi connectivity index (χ2n) is 3.64. The molecule has 0 aromatic heterocycles. The maximum absolute atomic E-state index is 10.4. The highest BCUT2D eigenvalue weighted by Crippen LogP contribution is 2.01. The average molecular weight is 212 g/mol. The van der Waals surface area contributed by atoms with E-state index in [1.807, 2.05) is 6.92 Å². The Balaban J connectivity index is 0.000000162. The van der Waals surface area contributed by atoms with Gasteiger partial charge in [0.15, 0.2) is 0 Å². The van der Waals surface area contributed by atoms with E-state index in [2.05, 4.69) is 21.9 Å². The van der Waals surface area contributed by atoms with Crippen molar-refractivity contribution in [2.24, 2.45) is 0 Å². The quantitative estimate of drug-likeness (QED) is 0.519. The lowest BCUT2D eigenvalue weighted by molar-refractivity contribution is -0.127. The molecular formula is C10H16N2O3. The molecule has 0 aromatic carbocycles. The highest BCUT2D eigenvalue weighted by molar-refractivity contribution is 5.82. The van der Waals surface area contributed by atoms with Crippen molar-refractivity contribution >= 4 is 12.0 Å². The third-order valence-electron chi connectivity index (χ3n) is 2.09. The van der Waals surface area contributed by atoms with Crippen LogP contribution in [0.5, 0.6) is 0 Å². The van der Waals surface area contributed by atoms with Crippen molar-refractivity contribution in [2.75, 3.05) is 6.61 Å². The van der Waals surface area contributed by atoms with Crippen molar-refractivity contribution in [1.29, 1.82) is 0 Å². The van der Waals surface area contributed by atoms with E-state index in [0.717, 1.165) is 12.8 Å². The fourth-order valence-corrected chi connectivity index (χ4v) is 1.29. The van der Waals surface area contributed by atoms with Crippen LogP contribution in [0.2, 0.25) is 0 Å². The predicted octanol–water partition coefficient (Wildman–Crippen LogP) is 0.566. The van der Waals surface area contributed by atoms with Gasteiger partial charge in [-0.25, -0.2) is 4.79 Å². The smallest absolute Gasteiger partial charge is 0.407 e. The standard InChI is InChI=1S/C6H9NO2.C4H7NO/c1-2-3-5-4-9-6(8)7-5;1-3-2-4(6)5-3/h2,5H,1,3-4H2,(H,7,8);3H,2H2,1H3,(H,5,6)/t5-;3-/m01/s1. The van der Waals surface area contributed by atoms with E-state index in [1.165, 1.54) is 0 Å². The number of nitrogens with one attached hydrogen (secondary N) is 2. The number of hydrogen-bond donors (Lipinski definition) is 2. The van der Waals surface area contributed by atoms with Gasteiger partial charge in [-0.05, 0) is 13.3 Å². The third-order valence-corrected chi connectivity index (χ3v) is 2.09. The van der Waals surface area contributed by atoms with Gasteiger partial charge >= 0.3 is 6.09 Å². The van der Waals surface area contributed by atoms with Gasteiger partial charge in [0.05, 0.1) is 6.04 Å². The normalized spacial score (nSPS) is 27.5. The summed E-state index contributed by atoms with van der Waals surface area (Å²) in [5, 5.41) is 5.29. The molecule has 5 nitrogen and oxygen atoms in total. The molecule has 2 atom stereocenters. The molecule has 0 unspecified atom stereocenters. The Morgan fingerprint density at radius 3 is 2.47 bits per heavy atom. The number of amides is 2.